The van der Waals surface area contributed by atoms with Gasteiger partial charge < -0.3 is 4.90 Å². The van der Waals surface area contributed by atoms with E-state index in [0.717, 1.165) is 18.7 Å². The molecule has 0 amide bonds. The summed E-state index contributed by atoms with van der Waals surface area (Å²) in [5.41, 5.74) is 0.995. The molecule has 0 aromatic heterocycles. The Kier molecular flexibility index (Phi) is 5.78. The maximum absolute atomic E-state index is 11.4. The Balaban J connectivity index is 2.89. The predicted octanol–water partition coefficient (Wildman–Crippen LogP) is 1.62. The first kappa shape index (κ1) is 15.1. The van der Waals surface area contributed by atoms with Crippen molar-refractivity contribution in [3.8, 4) is 0 Å². The molecule has 4 nitrogen and oxygen atoms in total. The van der Waals surface area contributed by atoms with Crippen molar-refractivity contribution < 1.29 is 8.42 Å². The molecule has 1 unspecified atom stereocenters. The second-order valence-corrected chi connectivity index (χ2v) is 6.12. The number of sulfonamides is 1. The molecule has 0 aliphatic carbocycles. The standard InChI is InChI=1S/C13H22N2O2S/c1-4-15(5-2)11-13(14-18(3,16)17)12-9-7-6-8-10-12/h6-10,13-14H,4-5,11H2,1-3H3. The van der Waals surface area contributed by atoms with Gasteiger partial charge in [0.25, 0.3) is 0 Å². The lowest BCUT2D eigenvalue weighted by Crippen LogP contribution is -2.37. The molecule has 1 aromatic carbocycles. The van der Waals surface area contributed by atoms with Crippen LogP contribution >= 0.6 is 0 Å². The summed E-state index contributed by atoms with van der Waals surface area (Å²) in [7, 11) is -3.21. The summed E-state index contributed by atoms with van der Waals surface area (Å²) in [4.78, 5) is 2.20. The van der Waals surface area contributed by atoms with Gasteiger partial charge in [-0.25, -0.2) is 13.1 Å². The highest BCUT2D eigenvalue weighted by atomic mass is 32.2. The molecule has 0 saturated carbocycles. The van der Waals surface area contributed by atoms with Gasteiger partial charge in [0.2, 0.25) is 10.0 Å². The van der Waals surface area contributed by atoms with Gasteiger partial charge in [-0.3, -0.25) is 0 Å². The minimum Gasteiger partial charge on any atom is -0.302 e. The summed E-state index contributed by atoms with van der Waals surface area (Å²) in [6.45, 7) is 6.65. The summed E-state index contributed by atoms with van der Waals surface area (Å²) in [5, 5.41) is 0. The monoisotopic (exact) mass is 270 g/mol. The molecule has 0 bridgehead atoms. The van der Waals surface area contributed by atoms with Crippen LogP contribution in [0.2, 0.25) is 0 Å². The second-order valence-electron chi connectivity index (χ2n) is 4.34. The van der Waals surface area contributed by atoms with E-state index in [2.05, 4.69) is 23.5 Å². The van der Waals surface area contributed by atoms with Gasteiger partial charge in [-0.15, -0.1) is 0 Å². The van der Waals surface area contributed by atoms with Crippen LogP contribution in [0, 0.1) is 0 Å². The molecule has 102 valence electrons. The first-order chi connectivity index (χ1) is 8.46. The van der Waals surface area contributed by atoms with Crippen LogP contribution in [0.4, 0.5) is 0 Å². The summed E-state index contributed by atoms with van der Waals surface area (Å²) in [6, 6.07) is 9.49. The number of likely N-dealkylation sites (N-methyl/N-ethyl adjacent to an activating group) is 1. The van der Waals surface area contributed by atoms with E-state index in [1.165, 1.54) is 6.26 Å². The number of nitrogens with zero attached hydrogens (tertiary/aromatic N) is 1. The van der Waals surface area contributed by atoms with E-state index in [1.54, 1.807) is 0 Å². The Morgan fingerprint density at radius 1 is 1.17 bits per heavy atom. The fraction of sp³-hybridized carbons (Fsp3) is 0.538. The molecular formula is C13H22N2O2S. The van der Waals surface area contributed by atoms with Gasteiger partial charge in [0.15, 0.2) is 0 Å². The summed E-state index contributed by atoms with van der Waals surface area (Å²) in [6.07, 6.45) is 1.20. The Morgan fingerprint density at radius 3 is 2.17 bits per heavy atom. The van der Waals surface area contributed by atoms with Gasteiger partial charge in [-0.05, 0) is 18.7 Å². The van der Waals surface area contributed by atoms with Crippen molar-refractivity contribution in [2.45, 2.75) is 19.9 Å². The molecule has 1 N–H and O–H groups in total. The van der Waals surface area contributed by atoms with E-state index < -0.39 is 10.0 Å². The van der Waals surface area contributed by atoms with Crippen molar-refractivity contribution in [3.63, 3.8) is 0 Å². The van der Waals surface area contributed by atoms with Gasteiger partial charge in [-0.1, -0.05) is 44.2 Å². The van der Waals surface area contributed by atoms with E-state index in [9.17, 15) is 8.42 Å². The maximum atomic E-state index is 11.4. The van der Waals surface area contributed by atoms with E-state index in [1.807, 2.05) is 30.3 Å². The smallest absolute Gasteiger partial charge is 0.209 e. The summed E-state index contributed by atoms with van der Waals surface area (Å²) in [5.74, 6) is 0. The van der Waals surface area contributed by atoms with E-state index in [-0.39, 0.29) is 6.04 Å². The summed E-state index contributed by atoms with van der Waals surface area (Å²) < 4.78 is 25.6. The van der Waals surface area contributed by atoms with Gasteiger partial charge in [0.05, 0.1) is 12.3 Å². The summed E-state index contributed by atoms with van der Waals surface area (Å²) >= 11 is 0. The highest BCUT2D eigenvalue weighted by molar-refractivity contribution is 7.88. The lowest BCUT2D eigenvalue weighted by atomic mass is 10.1. The fourth-order valence-electron chi connectivity index (χ4n) is 1.89. The molecule has 1 rings (SSSR count). The minimum absolute atomic E-state index is 0.193. The molecular weight excluding hydrogens is 248 g/mol. The molecule has 18 heavy (non-hydrogen) atoms. The second kappa shape index (κ2) is 6.87. The van der Waals surface area contributed by atoms with Crippen molar-refractivity contribution >= 4 is 10.0 Å². The molecule has 0 spiro atoms. The van der Waals surface area contributed by atoms with Gasteiger partial charge in [0, 0.05) is 6.54 Å². The van der Waals surface area contributed by atoms with Crippen LogP contribution in [-0.4, -0.2) is 39.2 Å². The SMILES string of the molecule is CCN(CC)CC(NS(C)(=O)=O)c1ccccc1. The average molecular weight is 270 g/mol. The Morgan fingerprint density at radius 2 is 1.72 bits per heavy atom. The van der Waals surface area contributed by atoms with Crippen LogP contribution in [-0.2, 0) is 10.0 Å². The molecule has 0 saturated heterocycles. The number of hydrogen-bond donors (Lipinski definition) is 1. The average Bonchev–Trinajstić information content (AvgIpc) is 2.34. The number of rotatable bonds is 7. The first-order valence-corrected chi connectivity index (χ1v) is 8.10. The largest absolute Gasteiger partial charge is 0.302 e. The molecule has 0 heterocycles. The third-order valence-corrected chi connectivity index (χ3v) is 3.61. The fourth-order valence-corrected chi connectivity index (χ4v) is 2.62. The highest BCUT2D eigenvalue weighted by Crippen LogP contribution is 2.15. The molecule has 0 fully saturated rings. The Bertz CT molecular complexity index is 441. The normalized spacial score (nSPS) is 13.8. The van der Waals surface area contributed by atoms with Crippen LogP contribution in [0.5, 0.6) is 0 Å². The van der Waals surface area contributed by atoms with Crippen molar-refractivity contribution in [2.75, 3.05) is 25.9 Å². The van der Waals surface area contributed by atoms with Crippen LogP contribution in [0.15, 0.2) is 30.3 Å². The van der Waals surface area contributed by atoms with Crippen molar-refractivity contribution in [1.82, 2.24) is 9.62 Å². The quantitative estimate of drug-likeness (QED) is 0.819. The molecule has 1 atom stereocenters. The van der Waals surface area contributed by atoms with E-state index in [4.69, 9.17) is 0 Å². The Labute approximate surface area is 110 Å². The lowest BCUT2D eigenvalue weighted by Gasteiger charge is -2.25. The van der Waals surface area contributed by atoms with Crippen LogP contribution in [0.25, 0.3) is 0 Å². The zero-order valence-electron chi connectivity index (χ0n) is 11.3. The van der Waals surface area contributed by atoms with Crippen molar-refractivity contribution in [1.29, 1.82) is 0 Å². The van der Waals surface area contributed by atoms with Crippen LogP contribution < -0.4 is 4.72 Å². The highest BCUT2D eigenvalue weighted by Gasteiger charge is 2.18. The molecule has 0 aliphatic heterocycles. The molecule has 0 radical (unpaired) electrons. The molecule has 1 aromatic rings. The maximum Gasteiger partial charge on any atom is 0.209 e. The van der Waals surface area contributed by atoms with E-state index >= 15 is 0 Å². The zero-order valence-corrected chi connectivity index (χ0v) is 12.1. The van der Waals surface area contributed by atoms with Crippen LogP contribution in [0.3, 0.4) is 0 Å². The van der Waals surface area contributed by atoms with Crippen molar-refractivity contribution in [2.24, 2.45) is 0 Å². The van der Waals surface area contributed by atoms with Crippen LogP contribution in [0.1, 0.15) is 25.5 Å². The minimum atomic E-state index is -3.21. The van der Waals surface area contributed by atoms with Gasteiger partial charge in [-0.2, -0.15) is 0 Å². The third kappa shape index (κ3) is 5.16. The number of nitrogens with one attached hydrogen (secondary N) is 1. The molecule has 5 heteroatoms. The topological polar surface area (TPSA) is 49.4 Å². The lowest BCUT2D eigenvalue weighted by molar-refractivity contribution is 0.277. The van der Waals surface area contributed by atoms with E-state index in [0.29, 0.717) is 6.54 Å². The first-order valence-electron chi connectivity index (χ1n) is 6.20. The Hall–Kier alpha value is -0.910. The van der Waals surface area contributed by atoms with Gasteiger partial charge >= 0.3 is 0 Å². The number of benzene rings is 1. The molecule has 0 aliphatic rings. The number of hydrogen-bond acceptors (Lipinski definition) is 3. The predicted molar refractivity (Wildman–Crippen MR) is 75.0 cm³/mol. The zero-order chi connectivity index (χ0) is 13.6. The van der Waals surface area contributed by atoms with Crippen molar-refractivity contribution in [3.05, 3.63) is 35.9 Å². The van der Waals surface area contributed by atoms with Gasteiger partial charge in [0.1, 0.15) is 0 Å². The third-order valence-electron chi connectivity index (χ3n) is 2.89.